The molecule has 0 spiro atoms. The summed E-state index contributed by atoms with van der Waals surface area (Å²) in [6.07, 6.45) is 1.96. The van der Waals surface area contributed by atoms with Gasteiger partial charge in [0.1, 0.15) is 0 Å². The zero-order chi connectivity index (χ0) is 16.8. The molecule has 4 nitrogen and oxygen atoms in total. The average molecular weight is 417 g/mol. The summed E-state index contributed by atoms with van der Waals surface area (Å²) in [4.78, 5) is 12.5. The third kappa shape index (κ3) is 6.36. The molecule has 0 aromatic heterocycles. The van der Waals surface area contributed by atoms with Crippen LogP contribution in [0.2, 0.25) is 5.02 Å². The van der Waals surface area contributed by atoms with Crippen LogP contribution in [0.5, 0.6) is 0 Å². The second-order valence-electron chi connectivity index (χ2n) is 6.06. The van der Waals surface area contributed by atoms with E-state index >= 15 is 0 Å². The van der Waals surface area contributed by atoms with Gasteiger partial charge in [0.15, 0.2) is 0 Å². The number of hydrogen-bond acceptors (Lipinski definition) is 3. The van der Waals surface area contributed by atoms with E-state index in [9.17, 15) is 4.79 Å². The minimum atomic E-state index is 0. The first kappa shape index (κ1) is 22.6. The molecule has 1 aliphatic heterocycles. The van der Waals surface area contributed by atoms with Crippen molar-refractivity contribution in [2.24, 2.45) is 5.92 Å². The molecule has 3 rings (SSSR count). The molecule has 3 N–H and O–H groups in total. The highest BCUT2D eigenvalue weighted by molar-refractivity contribution is 6.31. The Balaban J connectivity index is 0.00000169. The zero-order valence-electron chi connectivity index (χ0n) is 14.3. The summed E-state index contributed by atoms with van der Waals surface area (Å²) in [6.45, 7) is 2.42. The van der Waals surface area contributed by atoms with Gasteiger partial charge in [-0.25, -0.2) is 0 Å². The van der Waals surface area contributed by atoms with Crippen molar-refractivity contribution in [1.29, 1.82) is 0 Å². The number of carbonyl (C=O) groups excluding carboxylic acids is 1. The lowest BCUT2D eigenvalue weighted by molar-refractivity contribution is -0.120. The Kier molecular flexibility index (Phi) is 9.81. The standard InChI is InChI=1S/C19H22ClN3O.2ClH/c20-16-8-9-17(22-12-14-5-2-1-3-6-14)18(11-16)23-19(24)15-7-4-10-21-13-15;;/h1-3,5-6,8-9,11,15,21-22H,4,7,10,12-13H2,(H,23,24);2*1H. The Morgan fingerprint density at radius 1 is 1.12 bits per heavy atom. The highest BCUT2D eigenvalue weighted by atomic mass is 35.5. The fourth-order valence-electron chi connectivity index (χ4n) is 2.88. The molecule has 0 radical (unpaired) electrons. The van der Waals surface area contributed by atoms with Gasteiger partial charge in [-0.15, -0.1) is 24.8 Å². The van der Waals surface area contributed by atoms with Gasteiger partial charge in [0.05, 0.1) is 17.3 Å². The second kappa shape index (κ2) is 11.3. The van der Waals surface area contributed by atoms with Crippen LogP contribution in [-0.2, 0) is 11.3 Å². The summed E-state index contributed by atoms with van der Waals surface area (Å²) < 4.78 is 0. The van der Waals surface area contributed by atoms with Gasteiger partial charge in [0.25, 0.3) is 0 Å². The van der Waals surface area contributed by atoms with Crippen LogP contribution in [0, 0.1) is 5.92 Å². The van der Waals surface area contributed by atoms with Crippen LogP contribution in [0.25, 0.3) is 0 Å². The maximum absolute atomic E-state index is 12.5. The van der Waals surface area contributed by atoms with Crippen molar-refractivity contribution in [1.82, 2.24) is 5.32 Å². The number of carbonyl (C=O) groups is 1. The Bertz CT molecular complexity index is 692. The van der Waals surface area contributed by atoms with Crippen molar-refractivity contribution < 1.29 is 4.79 Å². The molecule has 0 saturated carbocycles. The monoisotopic (exact) mass is 415 g/mol. The molecule has 1 unspecified atom stereocenters. The molecule has 1 amide bonds. The Morgan fingerprint density at radius 3 is 2.58 bits per heavy atom. The molecule has 1 heterocycles. The molecule has 2 aromatic carbocycles. The van der Waals surface area contributed by atoms with Crippen LogP contribution < -0.4 is 16.0 Å². The van der Waals surface area contributed by atoms with E-state index in [-0.39, 0.29) is 36.6 Å². The van der Waals surface area contributed by atoms with E-state index in [1.807, 2.05) is 30.3 Å². The molecule has 1 fully saturated rings. The maximum Gasteiger partial charge on any atom is 0.228 e. The van der Waals surface area contributed by atoms with Crippen LogP contribution >= 0.6 is 36.4 Å². The molecule has 1 saturated heterocycles. The second-order valence-corrected chi connectivity index (χ2v) is 6.50. The molecule has 2 aromatic rings. The average Bonchev–Trinajstić information content (AvgIpc) is 2.62. The first-order chi connectivity index (χ1) is 11.7. The highest BCUT2D eigenvalue weighted by Crippen LogP contribution is 2.27. The predicted molar refractivity (Wildman–Crippen MR) is 114 cm³/mol. The van der Waals surface area contributed by atoms with Crippen LogP contribution in [0.3, 0.4) is 0 Å². The van der Waals surface area contributed by atoms with E-state index in [0.29, 0.717) is 11.6 Å². The number of piperidine rings is 1. The first-order valence-corrected chi connectivity index (χ1v) is 8.69. The SMILES string of the molecule is Cl.Cl.O=C(Nc1cc(Cl)ccc1NCc1ccccc1)C1CCCNC1. The van der Waals surface area contributed by atoms with E-state index in [1.165, 1.54) is 5.56 Å². The lowest BCUT2D eigenvalue weighted by Gasteiger charge is -2.23. The molecule has 0 aliphatic carbocycles. The van der Waals surface area contributed by atoms with Crippen molar-refractivity contribution in [2.75, 3.05) is 23.7 Å². The Labute approximate surface area is 171 Å². The number of hydrogen-bond donors (Lipinski definition) is 3. The summed E-state index contributed by atoms with van der Waals surface area (Å²) in [5.41, 5.74) is 2.79. The van der Waals surface area contributed by atoms with Crippen LogP contribution in [-0.4, -0.2) is 19.0 Å². The maximum atomic E-state index is 12.5. The normalized spacial score (nSPS) is 16.0. The quantitative estimate of drug-likeness (QED) is 0.660. The summed E-state index contributed by atoms with van der Waals surface area (Å²) in [5.74, 6) is 0.0620. The molecular formula is C19H24Cl3N3O. The summed E-state index contributed by atoms with van der Waals surface area (Å²) in [5, 5.41) is 10.3. The first-order valence-electron chi connectivity index (χ1n) is 8.31. The van der Waals surface area contributed by atoms with Gasteiger partial charge in [0.2, 0.25) is 5.91 Å². The number of rotatable bonds is 5. The van der Waals surface area contributed by atoms with Crippen molar-refractivity contribution in [3.05, 3.63) is 59.1 Å². The fourth-order valence-corrected chi connectivity index (χ4v) is 3.05. The number of amides is 1. The zero-order valence-corrected chi connectivity index (χ0v) is 16.7. The largest absolute Gasteiger partial charge is 0.379 e. The molecule has 142 valence electrons. The van der Waals surface area contributed by atoms with E-state index in [2.05, 4.69) is 28.1 Å². The van der Waals surface area contributed by atoms with Crippen LogP contribution in [0.4, 0.5) is 11.4 Å². The molecule has 1 aliphatic rings. The minimum absolute atomic E-state index is 0. The van der Waals surface area contributed by atoms with E-state index < -0.39 is 0 Å². The number of halogens is 3. The van der Waals surface area contributed by atoms with Gasteiger partial charge >= 0.3 is 0 Å². The Morgan fingerprint density at radius 2 is 1.88 bits per heavy atom. The fraction of sp³-hybridized carbons (Fsp3) is 0.316. The molecule has 0 bridgehead atoms. The molecular weight excluding hydrogens is 393 g/mol. The van der Waals surface area contributed by atoms with Crippen LogP contribution in [0.1, 0.15) is 18.4 Å². The number of nitrogens with one attached hydrogen (secondary N) is 3. The molecule has 1 atom stereocenters. The lowest BCUT2D eigenvalue weighted by Crippen LogP contribution is -2.37. The molecule has 7 heteroatoms. The third-order valence-corrected chi connectivity index (χ3v) is 4.47. The van der Waals surface area contributed by atoms with Gasteiger partial charge < -0.3 is 16.0 Å². The van der Waals surface area contributed by atoms with Gasteiger partial charge in [-0.1, -0.05) is 41.9 Å². The van der Waals surface area contributed by atoms with E-state index in [1.54, 1.807) is 6.07 Å². The van der Waals surface area contributed by atoms with E-state index in [0.717, 1.165) is 37.3 Å². The van der Waals surface area contributed by atoms with Gasteiger partial charge in [0, 0.05) is 18.1 Å². The minimum Gasteiger partial charge on any atom is -0.379 e. The summed E-state index contributed by atoms with van der Waals surface area (Å²) >= 11 is 6.11. The van der Waals surface area contributed by atoms with Crippen molar-refractivity contribution >= 4 is 53.7 Å². The summed E-state index contributed by atoms with van der Waals surface area (Å²) in [6, 6.07) is 15.7. The van der Waals surface area contributed by atoms with Crippen molar-refractivity contribution in [3.8, 4) is 0 Å². The highest BCUT2D eigenvalue weighted by Gasteiger charge is 2.21. The van der Waals surface area contributed by atoms with Crippen molar-refractivity contribution in [3.63, 3.8) is 0 Å². The van der Waals surface area contributed by atoms with Gasteiger partial charge in [-0.2, -0.15) is 0 Å². The number of benzene rings is 2. The smallest absolute Gasteiger partial charge is 0.228 e. The number of anilines is 2. The van der Waals surface area contributed by atoms with E-state index in [4.69, 9.17) is 11.6 Å². The van der Waals surface area contributed by atoms with Gasteiger partial charge in [-0.3, -0.25) is 4.79 Å². The lowest BCUT2D eigenvalue weighted by atomic mass is 9.99. The molecule has 26 heavy (non-hydrogen) atoms. The summed E-state index contributed by atoms with van der Waals surface area (Å²) in [7, 11) is 0. The third-order valence-electron chi connectivity index (χ3n) is 4.23. The van der Waals surface area contributed by atoms with Crippen LogP contribution in [0.15, 0.2) is 48.5 Å². The Hall–Kier alpha value is -1.46. The van der Waals surface area contributed by atoms with Crippen molar-refractivity contribution in [2.45, 2.75) is 19.4 Å². The predicted octanol–water partition coefficient (Wildman–Crippen LogP) is 4.73. The topological polar surface area (TPSA) is 53.2 Å². The van der Waals surface area contributed by atoms with Gasteiger partial charge in [-0.05, 0) is 43.1 Å².